The lowest BCUT2D eigenvalue weighted by Crippen LogP contribution is -2.10. The van der Waals surface area contributed by atoms with Gasteiger partial charge in [0, 0.05) is 23.5 Å². The summed E-state index contributed by atoms with van der Waals surface area (Å²) in [5, 5.41) is 13.1. The van der Waals surface area contributed by atoms with E-state index in [0.29, 0.717) is 12.8 Å². The lowest BCUT2D eigenvalue weighted by atomic mass is 10.1. The number of unbranched alkanes of at least 4 members (excludes halogenated alkanes) is 8. The Balaban J connectivity index is 1.86. The molecule has 1 N–H and O–H groups in total. The zero-order chi connectivity index (χ0) is 16.8. The Morgan fingerprint density at radius 3 is 1.96 bits per heavy atom. The smallest absolute Gasteiger partial charge is 0.224 e. The maximum absolute atomic E-state index is 11.7. The van der Waals surface area contributed by atoms with Crippen molar-refractivity contribution < 1.29 is 9.72 Å². The summed E-state index contributed by atoms with van der Waals surface area (Å²) in [6.07, 6.45) is 10.0. The zero-order valence-corrected chi connectivity index (χ0v) is 13.8. The second-order valence-corrected chi connectivity index (χ2v) is 5.90. The van der Waals surface area contributed by atoms with E-state index >= 15 is 0 Å². The van der Waals surface area contributed by atoms with E-state index in [2.05, 4.69) is 5.32 Å². The molecule has 0 spiro atoms. The summed E-state index contributed by atoms with van der Waals surface area (Å²) in [6, 6.07) is 9.53. The Labute approximate surface area is 138 Å². The molecule has 0 saturated heterocycles. The van der Waals surface area contributed by atoms with Crippen molar-refractivity contribution in [2.24, 2.45) is 0 Å². The van der Waals surface area contributed by atoms with Gasteiger partial charge < -0.3 is 5.32 Å². The number of benzene rings is 1. The van der Waals surface area contributed by atoms with Crippen LogP contribution in [-0.4, -0.2) is 17.4 Å². The summed E-state index contributed by atoms with van der Waals surface area (Å²) in [7, 11) is 0. The van der Waals surface area contributed by atoms with E-state index in [9.17, 15) is 14.9 Å². The van der Waals surface area contributed by atoms with Crippen molar-refractivity contribution in [1.82, 2.24) is 0 Å². The Morgan fingerprint density at radius 2 is 1.39 bits per heavy atom. The first kappa shape index (κ1) is 19.1. The maximum Gasteiger partial charge on any atom is 0.224 e. The molecule has 0 atom stereocenters. The molecule has 0 aliphatic rings. The van der Waals surface area contributed by atoms with Crippen molar-refractivity contribution in [3.63, 3.8) is 0 Å². The molecule has 1 aromatic rings. The second kappa shape index (κ2) is 12.6. The molecule has 1 rings (SSSR count). The van der Waals surface area contributed by atoms with Gasteiger partial charge in [-0.1, -0.05) is 56.7 Å². The highest BCUT2D eigenvalue weighted by Crippen LogP contribution is 2.11. The van der Waals surface area contributed by atoms with Crippen LogP contribution in [-0.2, 0) is 4.79 Å². The van der Waals surface area contributed by atoms with Gasteiger partial charge in [-0.05, 0) is 25.0 Å². The minimum absolute atomic E-state index is 0.0852. The van der Waals surface area contributed by atoms with Gasteiger partial charge in [-0.3, -0.25) is 14.9 Å². The van der Waals surface area contributed by atoms with Crippen LogP contribution in [0, 0.1) is 10.1 Å². The Morgan fingerprint density at radius 1 is 0.870 bits per heavy atom. The predicted octanol–water partition coefficient (Wildman–Crippen LogP) is 4.80. The molecular weight excluding hydrogens is 292 g/mol. The molecule has 1 aromatic carbocycles. The molecule has 0 aliphatic heterocycles. The summed E-state index contributed by atoms with van der Waals surface area (Å²) in [4.78, 5) is 21.7. The minimum atomic E-state index is -0.242. The highest BCUT2D eigenvalue weighted by atomic mass is 16.6. The fraction of sp³-hybridized carbons (Fsp3) is 0.611. The number of amides is 1. The fourth-order valence-electron chi connectivity index (χ4n) is 2.51. The first-order chi connectivity index (χ1) is 11.2. The molecule has 0 aliphatic carbocycles. The highest BCUT2D eigenvalue weighted by Gasteiger charge is 2.01. The molecule has 5 heteroatoms. The molecule has 0 saturated carbocycles. The van der Waals surface area contributed by atoms with Crippen LogP contribution in [0.5, 0.6) is 0 Å². The number of anilines is 1. The molecule has 0 bridgehead atoms. The van der Waals surface area contributed by atoms with Crippen molar-refractivity contribution in [3.05, 3.63) is 40.4 Å². The predicted molar refractivity (Wildman–Crippen MR) is 93.1 cm³/mol. The molecular formula is C18H28N2O3. The molecule has 0 unspecified atom stereocenters. The van der Waals surface area contributed by atoms with Crippen LogP contribution in [0.4, 0.5) is 5.69 Å². The molecule has 5 nitrogen and oxygen atoms in total. The summed E-state index contributed by atoms with van der Waals surface area (Å²) >= 11 is 0. The summed E-state index contributed by atoms with van der Waals surface area (Å²) in [5.41, 5.74) is 0.856. The lowest BCUT2D eigenvalue weighted by Gasteiger charge is -2.05. The average Bonchev–Trinajstić information content (AvgIpc) is 2.53. The van der Waals surface area contributed by atoms with Gasteiger partial charge in [-0.25, -0.2) is 0 Å². The van der Waals surface area contributed by atoms with E-state index in [0.717, 1.165) is 44.2 Å². The third-order valence-corrected chi connectivity index (χ3v) is 3.80. The maximum atomic E-state index is 11.7. The van der Waals surface area contributed by atoms with Gasteiger partial charge in [-0.15, -0.1) is 0 Å². The molecule has 1 amide bonds. The topological polar surface area (TPSA) is 72.2 Å². The number of nitrogens with zero attached hydrogens (tertiary/aromatic N) is 1. The Kier molecular flexibility index (Phi) is 10.5. The molecule has 0 fully saturated rings. The van der Waals surface area contributed by atoms with Crippen LogP contribution in [0.1, 0.15) is 64.2 Å². The van der Waals surface area contributed by atoms with Gasteiger partial charge in [0.25, 0.3) is 0 Å². The van der Waals surface area contributed by atoms with Crippen LogP contribution in [0.3, 0.4) is 0 Å². The Hall–Kier alpha value is -1.91. The van der Waals surface area contributed by atoms with Gasteiger partial charge in [0.2, 0.25) is 12.5 Å². The Bertz CT molecular complexity index is 449. The number of hydrogen-bond donors (Lipinski definition) is 1. The molecule has 0 radical (unpaired) electrons. The van der Waals surface area contributed by atoms with Crippen LogP contribution in [0.15, 0.2) is 30.3 Å². The van der Waals surface area contributed by atoms with Gasteiger partial charge in [0.05, 0.1) is 0 Å². The monoisotopic (exact) mass is 320 g/mol. The van der Waals surface area contributed by atoms with E-state index in [4.69, 9.17) is 0 Å². The van der Waals surface area contributed by atoms with Crippen molar-refractivity contribution >= 4 is 11.6 Å². The number of carbonyl (C=O) groups excluding carboxylic acids is 1. The van der Waals surface area contributed by atoms with Crippen LogP contribution in [0.2, 0.25) is 0 Å². The first-order valence-electron chi connectivity index (χ1n) is 8.65. The number of rotatable bonds is 13. The molecule has 23 heavy (non-hydrogen) atoms. The lowest BCUT2D eigenvalue weighted by molar-refractivity contribution is -0.480. The van der Waals surface area contributed by atoms with Crippen LogP contribution < -0.4 is 5.32 Å². The van der Waals surface area contributed by atoms with Gasteiger partial charge in [-0.2, -0.15) is 0 Å². The van der Waals surface area contributed by atoms with Gasteiger partial charge >= 0.3 is 0 Å². The van der Waals surface area contributed by atoms with E-state index < -0.39 is 0 Å². The molecule has 0 aromatic heterocycles. The normalized spacial score (nSPS) is 10.4. The number of para-hydroxylation sites is 1. The van der Waals surface area contributed by atoms with E-state index in [1.807, 2.05) is 30.3 Å². The summed E-state index contributed by atoms with van der Waals surface area (Å²) in [5.74, 6) is 0.0852. The van der Waals surface area contributed by atoms with Crippen molar-refractivity contribution in [2.75, 3.05) is 11.9 Å². The first-order valence-corrected chi connectivity index (χ1v) is 8.65. The highest BCUT2D eigenvalue weighted by molar-refractivity contribution is 5.90. The largest absolute Gasteiger partial charge is 0.326 e. The number of nitrogens with one attached hydrogen (secondary N) is 1. The van der Waals surface area contributed by atoms with Gasteiger partial charge in [0.15, 0.2) is 0 Å². The van der Waals surface area contributed by atoms with Crippen molar-refractivity contribution in [2.45, 2.75) is 64.2 Å². The summed E-state index contributed by atoms with van der Waals surface area (Å²) < 4.78 is 0. The average molecular weight is 320 g/mol. The van der Waals surface area contributed by atoms with Crippen molar-refractivity contribution in [3.8, 4) is 0 Å². The van der Waals surface area contributed by atoms with Crippen LogP contribution >= 0.6 is 0 Å². The standard InChI is InChI=1S/C18H28N2O3/c21-18(19-17-13-9-8-10-14-17)15-11-6-4-2-1-3-5-7-12-16-20(22)23/h8-10,13-14H,1-7,11-12,15-16H2,(H,19,21). The molecule has 0 heterocycles. The quantitative estimate of drug-likeness (QED) is 0.322. The molecule has 128 valence electrons. The number of hydrogen-bond acceptors (Lipinski definition) is 3. The van der Waals surface area contributed by atoms with Crippen LogP contribution in [0.25, 0.3) is 0 Å². The second-order valence-electron chi connectivity index (χ2n) is 5.90. The minimum Gasteiger partial charge on any atom is -0.326 e. The third-order valence-electron chi connectivity index (χ3n) is 3.80. The summed E-state index contributed by atoms with van der Waals surface area (Å²) in [6.45, 7) is 0.102. The van der Waals surface area contributed by atoms with Gasteiger partial charge in [0.1, 0.15) is 0 Å². The fourth-order valence-corrected chi connectivity index (χ4v) is 2.51. The number of nitro groups is 1. The zero-order valence-electron chi connectivity index (χ0n) is 13.8. The third kappa shape index (κ3) is 11.3. The number of carbonyl (C=O) groups is 1. The van der Waals surface area contributed by atoms with E-state index in [-0.39, 0.29) is 17.4 Å². The van der Waals surface area contributed by atoms with Crippen molar-refractivity contribution in [1.29, 1.82) is 0 Å². The van der Waals surface area contributed by atoms with E-state index in [1.54, 1.807) is 0 Å². The SMILES string of the molecule is O=C(CCCCCCCCCCC[N+](=O)[O-])Nc1ccccc1. The van der Waals surface area contributed by atoms with E-state index in [1.165, 1.54) is 12.8 Å².